The van der Waals surface area contributed by atoms with Crippen molar-refractivity contribution in [2.24, 2.45) is 0 Å². The number of hydrogen-bond acceptors (Lipinski definition) is 6. The molecule has 0 aliphatic rings. The number of thiophene rings is 1. The molecule has 0 aliphatic carbocycles. The Morgan fingerprint density at radius 2 is 2.11 bits per heavy atom. The van der Waals surface area contributed by atoms with Crippen molar-refractivity contribution in [3.05, 3.63) is 26.7 Å². The molecule has 0 saturated carbocycles. The molecule has 2 aromatic heterocycles. The van der Waals surface area contributed by atoms with Gasteiger partial charge in [0.05, 0.1) is 13.2 Å². The fourth-order valence-corrected chi connectivity index (χ4v) is 2.65. The highest BCUT2D eigenvalue weighted by Gasteiger charge is 2.07. The van der Waals surface area contributed by atoms with E-state index in [0.717, 1.165) is 0 Å². The fourth-order valence-electron chi connectivity index (χ4n) is 1.51. The smallest absolute Gasteiger partial charge is 0.322 e. The van der Waals surface area contributed by atoms with Crippen LogP contribution in [0.2, 0.25) is 5.28 Å². The van der Waals surface area contributed by atoms with Crippen LogP contribution in [0, 0.1) is 13.8 Å². The van der Waals surface area contributed by atoms with E-state index in [-0.39, 0.29) is 11.3 Å². The number of anilines is 1. The predicted molar refractivity (Wildman–Crippen MR) is 77.1 cm³/mol. The lowest BCUT2D eigenvalue weighted by molar-refractivity contribution is 0.312. The number of nitrogens with zero attached hydrogens (tertiary/aromatic N) is 3. The fraction of sp³-hybridized carbons (Fsp3) is 0.417. The number of aromatic nitrogens is 3. The Bertz CT molecular complexity index is 553. The Morgan fingerprint density at radius 3 is 2.74 bits per heavy atom. The van der Waals surface area contributed by atoms with E-state index in [9.17, 15) is 0 Å². The molecule has 0 aliphatic heterocycles. The van der Waals surface area contributed by atoms with Crippen LogP contribution in [-0.4, -0.2) is 21.6 Å². The molecule has 2 heterocycles. The minimum atomic E-state index is 0.125. The summed E-state index contributed by atoms with van der Waals surface area (Å²) in [6.45, 7) is 7.22. The highest BCUT2D eigenvalue weighted by atomic mass is 35.5. The second kappa shape index (κ2) is 6.16. The molecule has 2 aromatic rings. The standard InChI is InChI=1S/C12H15ClN4OS/c1-4-18-12-16-10(13)15-11(17-12)14-6-9-5-7(2)8(3)19-9/h5H,4,6H2,1-3H3,(H,14,15,16,17). The highest BCUT2D eigenvalue weighted by Crippen LogP contribution is 2.21. The maximum atomic E-state index is 5.82. The summed E-state index contributed by atoms with van der Waals surface area (Å²) in [5, 5.41) is 3.25. The van der Waals surface area contributed by atoms with Crippen LogP contribution in [-0.2, 0) is 6.54 Å². The molecule has 1 N–H and O–H groups in total. The lowest BCUT2D eigenvalue weighted by atomic mass is 10.3. The Balaban J connectivity index is 2.06. The van der Waals surface area contributed by atoms with E-state index in [4.69, 9.17) is 16.3 Å². The molecule has 0 bridgehead atoms. The molecule has 0 atom stereocenters. The summed E-state index contributed by atoms with van der Waals surface area (Å²) in [6.07, 6.45) is 0. The first-order valence-corrected chi connectivity index (χ1v) is 7.12. The minimum absolute atomic E-state index is 0.125. The van der Waals surface area contributed by atoms with E-state index < -0.39 is 0 Å². The lowest BCUT2D eigenvalue weighted by Gasteiger charge is -2.05. The average molecular weight is 299 g/mol. The van der Waals surface area contributed by atoms with Gasteiger partial charge in [0, 0.05) is 9.75 Å². The zero-order valence-electron chi connectivity index (χ0n) is 11.0. The van der Waals surface area contributed by atoms with Gasteiger partial charge < -0.3 is 10.1 Å². The monoisotopic (exact) mass is 298 g/mol. The Kier molecular flexibility index (Phi) is 4.55. The van der Waals surface area contributed by atoms with Gasteiger partial charge in [0.25, 0.3) is 0 Å². The van der Waals surface area contributed by atoms with Crippen molar-refractivity contribution in [2.75, 3.05) is 11.9 Å². The molecule has 0 amide bonds. The molecule has 0 fully saturated rings. The van der Waals surface area contributed by atoms with Crippen molar-refractivity contribution in [1.82, 2.24) is 15.0 Å². The largest absolute Gasteiger partial charge is 0.464 e. The van der Waals surface area contributed by atoms with Gasteiger partial charge in [0.15, 0.2) is 0 Å². The van der Waals surface area contributed by atoms with Gasteiger partial charge in [-0.1, -0.05) is 0 Å². The van der Waals surface area contributed by atoms with E-state index in [1.807, 2.05) is 6.92 Å². The molecule has 19 heavy (non-hydrogen) atoms. The first-order chi connectivity index (χ1) is 9.08. The normalized spacial score (nSPS) is 10.5. The van der Waals surface area contributed by atoms with Crippen molar-refractivity contribution < 1.29 is 4.74 Å². The topological polar surface area (TPSA) is 59.9 Å². The summed E-state index contributed by atoms with van der Waals surface area (Å²) >= 11 is 7.57. The van der Waals surface area contributed by atoms with Gasteiger partial charge in [-0.3, -0.25) is 0 Å². The molecule has 5 nitrogen and oxygen atoms in total. The van der Waals surface area contributed by atoms with Gasteiger partial charge in [-0.05, 0) is 44.0 Å². The van der Waals surface area contributed by atoms with E-state index in [1.54, 1.807) is 11.3 Å². The zero-order valence-corrected chi connectivity index (χ0v) is 12.6. The van der Waals surface area contributed by atoms with Crippen LogP contribution in [0.1, 0.15) is 22.2 Å². The first kappa shape index (κ1) is 14.0. The molecule has 0 spiro atoms. The van der Waals surface area contributed by atoms with Crippen molar-refractivity contribution in [2.45, 2.75) is 27.3 Å². The second-order valence-electron chi connectivity index (χ2n) is 3.95. The van der Waals surface area contributed by atoms with Gasteiger partial charge in [-0.2, -0.15) is 15.0 Å². The number of nitrogens with one attached hydrogen (secondary N) is 1. The number of hydrogen-bond donors (Lipinski definition) is 1. The Morgan fingerprint density at radius 1 is 1.32 bits per heavy atom. The van der Waals surface area contributed by atoms with Crippen LogP contribution < -0.4 is 10.1 Å². The molecule has 7 heteroatoms. The van der Waals surface area contributed by atoms with Crippen LogP contribution in [0.5, 0.6) is 6.01 Å². The summed E-state index contributed by atoms with van der Waals surface area (Å²) in [5.41, 5.74) is 1.30. The number of halogens is 1. The summed E-state index contributed by atoms with van der Waals surface area (Å²) < 4.78 is 5.22. The third-order valence-corrected chi connectivity index (χ3v) is 3.82. The second-order valence-corrected chi connectivity index (χ2v) is 5.63. The Labute approximate surface area is 121 Å². The van der Waals surface area contributed by atoms with Crippen LogP contribution in [0.4, 0.5) is 5.95 Å². The van der Waals surface area contributed by atoms with Crippen LogP contribution in [0.3, 0.4) is 0 Å². The van der Waals surface area contributed by atoms with Gasteiger partial charge in [0.2, 0.25) is 11.2 Å². The van der Waals surface area contributed by atoms with Gasteiger partial charge in [-0.15, -0.1) is 11.3 Å². The quantitative estimate of drug-likeness (QED) is 0.918. The Hall–Kier alpha value is -1.40. The molecule has 2 rings (SSSR count). The molecule has 0 saturated heterocycles. The summed E-state index contributed by atoms with van der Waals surface area (Å²) in [4.78, 5) is 14.6. The van der Waals surface area contributed by atoms with E-state index >= 15 is 0 Å². The molecular weight excluding hydrogens is 284 g/mol. The zero-order chi connectivity index (χ0) is 13.8. The van der Waals surface area contributed by atoms with Gasteiger partial charge >= 0.3 is 6.01 Å². The van der Waals surface area contributed by atoms with E-state index in [0.29, 0.717) is 19.1 Å². The maximum Gasteiger partial charge on any atom is 0.322 e. The predicted octanol–water partition coefficient (Wildman–Crippen LogP) is 3.21. The molecule has 0 unspecified atom stereocenters. The van der Waals surface area contributed by atoms with E-state index in [1.165, 1.54) is 15.3 Å². The minimum Gasteiger partial charge on any atom is -0.464 e. The molecule has 102 valence electrons. The van der Waals surface area contributed by atoms with E-state index in [2.05, 4.69) is 40.2 Å². The highest BCUT2D eigenvalue weighted by molar-refractivity contribution is 7.12. The van der Waals surface area contributed by atoms with Crippen LogP contribution >= 0.6 is 22.9 Å². The molecule has 0 aromatic carbocycles. The number of rotatable bonds is 5. The molecule has 0 radical (unpaired) electrons. The third kappa shape index (κ3) is 3.78. The number of aryl methyl sites for hydroxylation is 2. The summed E-state index contributed by atoms with van der Waals surface area (Å²) in [6, 6.07) is 2.39. The van der Waals surface area contributed by atoms with Crippen molar-refractivity contribution >= 4 is 28.9 Å². The van der Waals surface area contributed by atoms with Gasteiger partial charge in [0.1, 0.15) is 0 Å². The third-order valence-electron chi connectivity index (χ3n) is 2.50. The SMILES string of the molecule is CCOc1nc(Cl)nc(NCc2cc(C)c(C)s2)n1. The maximum absolute atomic E-state index is 5.82. The number of ether oxygens (including phenoxy) is 1. The first-order valence-electron chi connectivity index (χ1n) is 5.92. The molecular formula is C12H15ClN4OS. The van der Waals surface area contributed by atoms with Crippen LogP contribution in [0.15, 0.2) is 6.07 Å². The average Bonchev–Trinajstić information content (AvgIpc) is 2.66. The van der Waals surface area contributed by atoms with Crippen molar-refractivity contribution in [1.29, 1.82) is 0 Å². The lowest BCUT2D eigenvalue weighted by Crippen LogP contribution is -2.06. The summed E-state index contributed by atoms with van der Waals surface area (Å²) in [7, 11) is 0. The van der Waals surface area contributed by atoms with Crippen LogP contribution in [0.25, 0.3) is 0 Å². The summed E-state index contributed by atoms with van der Waals surface area (Å²) in [5.74, 6) is 0.423. The van der Waals surface area contributed by atoms with Crippen molar-refractivity contribution in [3.63, 3.8) is 0 Å². The van der Waals surface area contributed by atoms with Crippen molar-refractivity contribution in [3.8, 4) is 6.01 Å². The van der Waals surface area contributed by atoms with Gasteiger partial charge in [-0.25, -0.2) is 0 Å².